The zero-order valence-electron chi connectivity index (χ0n) is 9.71. The van der Waals surface area contributed by atoms with Gasteiger partial charge in [-0.3, -0.25) is 0 Å². The van der Waals surface area contributed by atoms with Crippen LogP contribution in [0.2, 0.25) is 0 Å². The van der Waals surface area contributed by atoms with Crippen LogP contribution < -0.4 is 9.47 Å². The van der Waals surface area contributed by atoms with Crippen LogP contribution in [0.3, 0.4) is 0 Å². The zero-order valence-corrected chi connectivity index (χ0v) is 9.71. The number of benzene rings is 1. The van der Waals surface area contributed by atoms with Gasteiger partial charge < -0.3 is 14.6 Å². The number of allylic oxidation sites excluding steroid dienone is 2. The molecule has 0 heterocycles. The van der Waals surface area contributed by atoms with Gasteiger partial charge in [-0.2, -0.15) is 0 Å². The minimum Gasteiger partial charge on any atom is -0.493 e. The summed E-state index contributed by atoms with van der Waals surface area (Å²) < 4.78 is 10.3. The topological polar surface area (TPSA) is 55.8 Å². The second kappa shape index (κ2) is 6.37. The number of hydrogen-bond donors (Lipinski definition) is 1. The average molecular weight is 234 g/mol. The number of carboxylic acid groups (broad SMARTS) is 1. The third-order valence-electron chi connectivity index (χ3n) is 2.05. The number of carboxylic acids is 1. The second-order valence-electron chi connectivity index (χ2n) is 3.17. The Morgan fingerprint density at radius 2 is 1.88 bits per heavy atom. The summed E-state index contributed by atoms with van der Waals surface area (Å²) in [6.07, 6.45) is 5.95. The Morgan fingerprint density at radius 1 is 1.18 bits per heavy atom. The lowest BCUT2D eigenvalue weighted by atomic mass is 10.2. The standard InChI is InChI=1S/C13H14O4/c1-16-11-8-7-10(9-12(11)17-2)5-3-4-6-13(14)15/h3-9H,1-2H3,(H,14,15)/b5-3-,6-4-. The number of hydrogen-bond acceptors (Lipinski definition) is 3. The quantitative estimate of drug-likeness (QED) is 0.627. The highest BCUT2D eigenvalue weighted by Gasteiger charge is 2.01. The fourth-order valence-electron chi connectivity index (χ4n) is 1.26. The van der Waals surface area contributed by atoms with Crippen LogP contribution in [-0.4, -0.2) is 25.3 Å². The van der Waals surface area contributed by atoms with Gasteiger partial charge in [0.2, 0.25) is 0 Å². The number of ether oxygens (including phenoxy) is 2. The molecule has 1 N–H and O–H groups in total. The molecule has 0 spiro atoms. The van der Waals surface area contributed by atoms with Gasteiger partial charge in [-0.05, 0) is 17.7 Å². The van der Waals surface area contributed by atoms with E-state index in [4.69, 9.17) is 14.6 Å². The Kier molecular flexibility index (Phi) is 4.81. The summed E-state index contributed by atoms with van der Waals surface area (Å²) >= 11 is 0. The first-order chi connectivity index (χ1) is 8.17. The Morgan fingerprint density at radius 3 is 2.47 bits per heavy atom. The van der Waals surface area contributed by atoms with Crippen molar-refractivity contribution in [2.75, 3.05) is 14.2 Å². The maximum Gasteiger partial charge on any atom is 0.328 e. The third kappa shape index (κ3) is 4.03. The molecular formula is C13H14O4. The lowest BCUT2D eigenvalue weighted by Gasteiger charge is -2.07. The van der Waals surface area contributed by atoms with E-state index in [1.165, 1.54) is 6.08 Å². The molecule has 17 heavy (non-hydrogen) atoms. The molecule has 0 atom stereocenters. The average Bonchev–Trinajstić information content (AvgIpc) is 2.34. The lowest BCUT2D eigenvalue weighted by Crippen LogP contribution is -1.90. The van der Waals surface area contributed by atoms with Crippen LogP contribution in [0, 0.1) is 0 Å². The fraction of sp³-hybridized carbons (Fsp3) is 0.154. The summed E-state index contributed by atoms with van der Waals surface area (Å²) in [6.45, 7) is 0. The molecule has 4 nitrogen and oxygen atoms in total. The highest BCUT2D eigenvalue weighted by atomic mass is 16.5. The molecule has 0 saturated heterocycles. The monoisotopic (exact) mass is 234 g/mol. The first-order valence-corrected chi connectivity index (χ1v) is 4.97. The first kappa shape index (κ1) is 12.8. The van der Waals surface area contributed by atoms with Gasteiger partial charge in [0.1, 0.15) is 0 Å². The van der Waals surface area contributed by atoms with E-state index in [1.54, 1.807) is 32.4 Å². The summed E-state index contributed by atoms with van der Waals surface area (Å²) in [6, 6.07) is 5.45. The predicted molar refractivity (Wildman–Crippen MR) is 65.4 cm³/mol. The highest BCUT2D eigenvalue weighted by molar-refractivity contribution is 5.80. The Bertz CT molecular complexity index is 447. The summed E-state index contributed by atoms with van der Waals surface area (Å²) in [5, 5.41) is 8.40. The maximum absolute atomic E-state index is 10.2. The van der Waals surface area contributed by atoms with E-state index in [1.807, 2.05) is 12.1 Å². The number of rotatable bonds is 5. The zero-order chi connectivity index (χ0) is 12.7. The molecule has 0 saturated carbocycles. The van der Waals surface area contributed by atoms with Crippen LogP contribution >= 0.6 is 0 Å². The minimum atomic E-state index is -0.970. The van der Waals surface area contributed by atoms with Gasteiger partial charge in [0.25, 0.3) is 0 Å². The number of carbonyl (C=O) groups is 1. The summed E-state index contributed by atoms with van der Waals surface area (Å²) in [5.41, 5.74) is 0.901. The summed E-state index contributed by atoms with van der Waals surface area (Å²) in [4.78, 5) is 10.2. The van der Waals surface area contributed by atoms with Gasteiger partial charge in [0.15, 0.2) is 11.5 Å². The number of methoxy groups -OCH3 is 2. The largest absolute Gasteiger partial charge is 0.493 e. The van der Waals surface area contributed by atoms with Crippen molar-refractivity contribution in [1.82, 2.24) is 0 Å². The van der Waals surface area contributed by atoms with Crippen molar-refractivity contribution in [1.29, 1.82) is 0 Å². The lowest BCUT2D eigenvalue weighted by molar-refractivity contribution is -0.131. The Balaban J connectivity index is 2.82. The molecule has 0 bridgehead atoms. The molecule has 1 aromatic rings. The van der Waals surface area contributed by atoms with E-state index in [0.717, 1.165) is 11.6 Å². The second-order valence-corrected chi connectivity index (χ2v) is 3.17. The van der Waals surface area contributed by atoms with E-state index in [-0.39, 0.29) is 0 Å². The van der Waals surface area contributed by atoms with E-state index >= 15 is 0 Å². The molecule has 1 aromatic carbocycles. The van der Waals surface area contributed by atoms with Crippen LogP contribution in [-0.2, 0) is 4.79 Å². The Labute approximate surface area is 99.8 Å². The normalized spacial score (nSPS) is 10.9. The van der Waals surface area contributed by atoms with E-state index in [9.17, 15) is 4.79 Å². The van der Waals surface area contributed by atoms with Crippen LogP contribution in [0.4, 0.5) is 0 Å². The fourth-order valence-corrected chi connectivity index (χ4v) is 1.26. The number of aliphatic carboxylic acids is 1. The van der Waals surface area contributed by atoms with Crippen molar-refractivity contribution in [2.24, 2.45) is 0 Å². The molecule has 0 amide bonds. The molecule has 4 heteroatoms. The molecule has 0 unspecified atom stereocenters. The third-order valence-corrected chi connectivity index (χ3v) is 2.05. The van der Waals surface area contributed by atoms with Crippen molar-refractivity contribution in [2.45, 2.75) is 0 Å². The predicted octanol–water partition coefficient (Wildman–Crippen LogP) is 2.36. The molecule has 0 fully saturated rings. The summed E-state index contributed by atoms with van der Waals surface area (Å²) in [7, 11) is 3.14. The minimum absolute atomic E-state index is 0.636. The molecule has 90 valence electrons. The Hall–Kier alpha value is -2.23. The molecule has 1 rings (SSSR count). The molecule has 0 aromatic heterocycles. The van der Waals surface area contributed by atoms with Crippen LogP contribution in [0.25, 0.3) is 6.08 Å². The van der Waals surface area contributed by atoms with Crippen LogP contribution in [0.15, 0.2) is 36.4 Å². The van der Waals surface area contributed by atoms with Gasteiger partial charge in [-0.15, -0.1) is 0 Å². The van der Waals surface area contributed by atoms with Gasteiger partial charge in [0, 0.05) is 6.08 Å². The first-order valence-electron chi connectivity index (χ1n) is 4.97. The van der Waals surface area contributed by atoms with Crippen LogP contribution in [0.5, 0.6) is 11.5 Å². The van der Waals surface area contributed by atoms with Crippen molar-refractivity contribution in [3.8, 4) is 11.5 Å². The molecule has 0 radical (unpaired) electrons. The molecule has 0 aliphatic carbocycles. The van der Waals surface area contributed by atoms with Gasteiger partial charge in [-0.25, -0.2) is 4.79 Å². The van der Waals surface area contributed by atoms with Gasteiger partial charge in [-0.1, -0.05) is 24.3 Å². The highest BCUT2D eigenvalue weighted by Crippen LogP contribution is 2.27. The van der Waals surface area contributed by atoms with Crippen molar-refractivity contribution >= 4 is 12.0 Å². The van der Waals surface area contributed by atoms with E-state index in [2.05, 4.69) is 0 Å². The van der Waals surface area contributed by atoms with Gasteiger partial charge >= 0.3 is 5.97 Å². The molecular weight excluding hydrogens is 220 g/mol. The van der Waals surface area contributed by atoms with Gasteiger partial charge in [0.05, 0.1) is 14.2 Å². The van der Waals surface area contributed by atoms with E-state index in [0.29, 0.717) is 11.5 Å². The van der Waals surface area contributed by atoms with E-state index < -0.39 is 5.97 Å². The molecule has 0 aliphatic rings. The smallest absolute Gasteiger partial charge is 0.328 e. The summed E-state index contributed by atoms with van der Waals surface area (Å²) in [5.74, 6) is 0.324. The van der Waals surface area contributed by atoms with Crippen LogP contribution in [0.1, 0.15) is 5.56 Å². The van der Waals surface area contributed by atoms with Crippen molar-refractivity contribution in [3.05, 3.63) is 42.0 Å². The molecule has 0 aliphatic heterocycles. The van der Waals surface area contributed by atoms with Crippen molar-refractivity contribution in [3.63, 3.8) is 0 Å². The van der Waals surface area contributed by atoms with Crippen molar-refractivity contribution < 1.29 is 19.4 Å². The SMILES string of the molecule is COc1ccc(/C=C\C=C/C(=O)O)cc1OC. The maximum atomic E-state index is 10.2.